The quantitative estimate of drug-likeness (QED) is 0.877. The lowest BCUT2D eigenvalue weighted by Gasteiger charge is -2.26. The molecule has 3 rings (SSSR count). The third-order valence-corrected chi connectivity index (χ3v) is 3.91. The van der Waals surface area contributed by atoms with Crippen molar-refractivity contribution in [2.24, 2.45) is 0 Å². The zero-order chi connectivity index (χ0) is 12.7. The van der Waals surface area contributed by atoms with E-state index < -0.39 is 0 Å². The van der Waals surface area contributed by atoms with Gasteiger partial charge < -0.3 is 15.4 Å². The molecule has 1 unspecified atom stereocenters. The van der Waals surface area contributed by atoms with Crippen LogP contribution in [0.15, 0.2) is 0 Å². The van der Waals surface area contributed by atoms with Gasteiger partial charge in [-0.1, -0.05) is 0 Å². The first-order chi connectivity index (χ1) is 8.66. The normalized spacial score (nSPS) is 23.3. The molecule has 2 heterocycles. The van der Waals surface area contributed by atoms with E-state index in [2.05, 4.69) is 16.9 Å². The summed E-state index contributed by atoms with van der Waals surface area (Å²) >= 11 is 0. The van der Waals surface area contributed by atoms with Crippen molar-refractivity contribution in [3.05, 3.63) is 11.4 Å². The van der Waals surface area contributed by atoms with Crippen molar-refractivity contribution in [3.63, 3.8) is 0 Å². The Hall–Kier alpha value is -1.36. The number of aromatic nitrogens is 2. The molecule has 0 bridgehead atoms. The van der Waals surface area contributed by atoms with Gasteiger partial charge >= 0.3 is 0 Å². The number of anilines is 2. The van der Waals surface area contributed by atoms with Gasteiger partial charge in [0.2, 0.25) is 0 Å². The number of rotatable bonds is 3. The lowest BCUT2D eigenvalue weighted by Crippen LogP contribution is -2.33. The number of nitrogens with two attached hydrogens (primary N) is 1. The molecule has 1 aromatic heterocycles. The second kappa shape index (κ2) is 4.39. The maximum atomic E-state index is 6.01. The molecule has 1 saturated heterocycles. The van der Waals surface area contributed by atoms with E-state index in [1.807, 2.05) is 6.92 Å². The van der Waals surface area contributed by atoms with Crippen LogP contribution in [0.25, 0.3) is 0 Å². The highest BCUT2D eigenvalue weighted by Crippen LogP contribution is 2.39. The van der Waals surface area contributed by atoms with Crippen molar-refractivity contribution in [2.75, 3.05) is 30.9 Å². The van der Waals surface area contributed by atoms with Gasteiger partial charge in [-0.25, -0.2) is 9.97 Å². The Bertz CT molecular complexity index is 453. The molecule has 18 heavy (non-hydrogen) atoms. The first-order valence-electron chi connectivity index (χ1n) is 6.61. The van der Waals surface area contributed by atoms with Crippen molar-refractivity contribution in [1.29, 1.82) is 0 Å². The summed E-state index contributed by atoms with van der Waals surface area (Å²) in [5, 5.41) is 0. The third-order valence-electron chi connectivity index (χ3n) is 3.91. The maximum absolute atomic E-state index is 6.01. The van der Waals surface area contributed by atoms with Crippen LogP contribution in [0.1, 0.15) is 36.6 Å². The molecule has 2 aliphatic rings. The Labute approximate surface area is 107 Å². The van der Waals surface area contributed by atoms with Gasteiger partial charge in [0.15, 0.2) is 0 Å². The van der Waals surface area contributed by atoms with Gasteiger partial charge in [0, 0.05) is 25.1 Å². The van der Waals surface area contributed by atoms with E-state index in [-0.39, 0.29) is 0 Å². The molecule has 0 aromatic carbocycles. The lowest BCUT2D eigenvalue weighted by molar-refractivity contribution is 0.193. The topological polar surface area (TPSA) is 64.3 Å². The molecule has 1 aliphatic carbocycles. The maximum Gasteiger partial charge on any atom is 0.137 e. The average molecular weight is 248 g/mol. The van der Waals surface area contributed by atoms with Crippen LogP contribution in [0.4, 0.5) is 11.6 Å². The number of nitrogens with zero attached hydrogens (tertiary/aromatic N) is 3. The standard InChI is InChI=1S/C13H20N4O/c1-8-11(14)15-12(9-3-4-9)16-13(8)17(2)10-5-6-18-7-10/h9-10H,3-7H2,1-2H3,(H2,14,15,16). The number of hydrogen-bond donors (Lipinski definition) is 1. The van der Waals surface area contributed by atoms with Crippen LogP contribution in [0.3, 0.4) is 0 Å². The number of ether oxygens (including phenoxy) is 1. The Morgan fingerprint density at radius 3 is 2.67 bits per heavy atom. The largest absolute Gasteiger partial charge is 0.383 e. The third kappa shape index (κ3) is 2.03. The van der Waals surface area contributed by atoms with Gasteiger partial charge in [-0.2, -0.15) is 0 Å². The number of nitrogen functional groups attached to an aromatic ring is 1. The van der Waals surface area contributed by atoms with Crippen LogP contribution in [0.2, 0.25) is 0 Å². The summed E-state index contributed by atoms with van der Waals surface area (Å²) in [5.41, 5.74) is 6.99. The minimum Gasteiger partial charge on any atom is -0.383 e. The van der Waals surface area contributed by atoms with E-state index in [1.165, 1.54) is 12.8 Å². The van der Waals surface area contributed by atoms with Crippen molar-refractivity contribution >= 4 is 11.6 Å². The van der Waals surface area contributed by atoms with Crippen LogP contribution in [0, 0.1) is 6.92 Å². The Kier molecular flexibility index (Phi) is 2.86. The highest BCUT2D eigenvalue weighted by Gasteiger charge is 2.30. The summed E-state index contributed by atoms with van der Waals surface area (Å²) in [4.78, 5) is 11.3. The summed E-state index contributed by atoms with van der Waals surface area (Å²) in [6.45, 7) is 3.61. The molecule has 0 spiro atoms. The van der Waals surface area contributed by atoms with Gasteiger partial charge in [-0.15, -0.1) is 0 Å². The van der Waals surface area contributed by atoms with E-state index in [0.29, 0.717) is 17.8 Å². The highest BCUT2D eigenvalue weighted by molar-refractivity contribution is 5.57. The van der Waals surface area contributed by atoms with E-state index in [9.17, 15) is 0 Å². The summed E-state index contributed by atoms with van der Waals surface area (Å²) < 4.78 is 5.44. The predicted octanol–water partition coefficient (Wildman–Crippen LogP) is 1.47. The first-order valence-corrected chi connectivity index (χ1v) is 6.61. The van der Waals surface area contributed by atoms with Gasteiger partial charge in [-0.05, 0) is 26.2 Å². The fraction of sp³-hybridized carbons (Fsp3) is 0.692. The van der Waals surface area contributed by atoms with Gasteiger partial charge in [0.1, 0.15) is 17.5 Å². The molecule has 1 aromatic rings. The Balaban J connectivity index is 1.93. The fourth-order valence-electron chi connectivity index (χ4n) is 2.41. The molecule has 1 saturated carbocycles. The van der Waals surface area contributed by atoms with Crippen molar-refractivity contribution < 1.29 is 4.74 Å². The predicted molar refractivity (Wildman–Crippen MR) is 70.8 cm³/mol. The second-order valence-electron chi connectivity index (χ2n) is 5.32. The summed E-state index contributed by atoms with van der Waals surface area (Å²) in [7, 11) is 2.07. The monoisotopic (exact) mass is 248 g/mol. The highest BCUT2D eigenvalue weighted by atomic mass is 16.5. The Morgan fingerprint density at radius 1 is 1.28 bits per heavy atom. The van der Waals surface area contributed by atoms with E-state index in [1.54, 1.807) is 0 Å². The molecule has 0 radical (unpaired) electrons. The molecular weight excluding hydrogens is 228 g/mol. The van der Waals surface area contributed by atoms with Crippen LogP contribution < -0.4 is 10.6 Å². The molecule has 1 aliphatic heterocycles. The van der Waals surface area contributed by atoms with Crippen molar-refractivity contribution in [3.8, 4) is 0 Å². The zero-order valence-corrected chi connectivity index (χ0v) is 11.0. The number of likely N-dealkylation sites (N-methyl/N-ethyl adjacent to an activating group) is 1. The van der Waals surface area contributed by atoms with Gasteiger partial charge in [-0.3, -0.25) is 0 Å². The first kappa shape index (κ1) is 11.7. The molecule has 2 N–H and O–H groups in total. The second-order valence-corrected chi connectivity index (χ2v) is 5.32. The van der Waals surface area contributed by atoms with Crippen LogP contribution in [0.5, 0.6) is 0 Å². The summed E-state index contributed by atoms with van der Waals surface area (Å²) in [6, 6.07) is 0.407. The van der Waals surface area contributed by atoms with E-state index >= 15 is 0 Å². The minimum absolute atomic E-state index is 0.407. The van der Waals surface area contributed by atoms with Crippen LogP contribution in [-0.4, -0.2) is 36.3 Å². The van der Waals surface area contributed by atoms with E-state index in [0.717, 1.165) is 36.8 Å². The fourth-order valence-corrected chi connectivity index (χ4v) is 2.41. The summed E-state index contributed by atoms with van der Waals surface area (Å²) in [6.07, 6.45) is 3.44. The molecule has 1 atom stereocenters. The van der Waals surface area contributed by atoms with E-state index in [4.69, 9.17) is 15.5 Å². The molecule has 0 amide bonds. The lowest BCUT2D eigenvalue weighted by atomic mass is 10.2. The average Bonchev–Trinajstić information content (AvgIpc) is 3.06. The SMILES string of the molecule is Cc1c(N)nc(C2CC2)nc1N(C)C1CCOC1. The summed E-state index contributed by atoms with van der Waals surface area (Å²) in [5.74, 6) is 3.03. The zero-order valence-electron chi connectivity index (χ0n) is 11.0. The molecule has 5 nitrogen and oxygen atoms in total. The molecular formula is C13H20N4O. The Morgan fingerprint density at radius 2 is 2.06 bits per heavy atom. The van der Waals surface area contributed by atoms with Crippen LogP contribution in [-0.2, 0) is 4.74 Å². The van der Waals surface area contributed by atoms with Gasteiger partial charge in [0.05, 0.1) is 12.6 Å². The minimum atomic E-state index is 0.407. The molecule has 98 valence electrons. The molecule has 5 heteroatoms. The molecule has 2 fully saturated rings. The van der Waals surface area contributed by atoms with Crippen LogP contribution >= 0.6 is 0 Å². The smallest absolute Gasteiger partial charge is 0.137 e. The number of hydrogen-bond acceptors (Lipinski definition) is 5. The van der Waals surface area contributed by atoms with Crippen molar-refractivity contribution in [2.45, 2.75) is 38.1 Å². The van der Waals surface area contributed by atoms with Gasteiger partial charge in [0.25, 0.3) is 0 Å². The van der Waals surface area contributed by atoms with Crippen molar-refractivity contribution in [1.82, 2.24) is 9.97 Å².